The highest BCUT2D eigenvalue weighted by Crippen LogP contribution is 2.28. The molecular formula is C24H21FN4OS. The first-order chi connectivity index (χ1) is 15.0. The lowest BCUT2D eigenvalue weighted by Crippen LogP contribution is -2.15. The van der Waals surface area contributed by atoms with Gasteiger partial charge < -0.3 is 5.32 Å². The second kappa shape index (κ2) is 9.14. The first-order valence-corrected chi connectivity index (χ1v) is 10.8. The van der Waals surface area contributed by atoms with Gasteiger partial charge in [-0.2, -0.15) is 0 Å². The van der Waals surface area contributed by atoms with Gasteiger partial charge in [-0.25, -0.2) is 4.39 Å². The number of rotatable bonds is 6. The first kappa shape index (κ1) is 20.8. The molecule has 7 heteroatoms. The summed E-state index contributed by atoms with van der Waals surface area (Å²) in [5, 5.41) is 12.2. The van der Waals surface area contributed by atoms with E-state index in [-0.39, 0.29) is 17.5 Å². The summed E-state index contributed by atoms with van der Waals surface area (Å²) in [5.74, 6) is 0.334. The maximum Gasteiger partial charge on any atom is 0.234 e. The van der Waals surface area contributed by atoms with Gasteiger partial charge in [-0.1, -0.05) is 47.7 Å². The molecule has 0 atom stereocenters. The number of carbonyl (C=O) groups excluding carboxylic acids is 1. The summed E-state index contributed by atoms with van der Waals surface area (Å²) in [6, 6.07) is 21.7. The minimum Gasteiger partial charge on any atom is -0.325 e. The molecule has 4 rings (SSSR count). The summed E-state index contributed by atoms with van der Waals surface area (Å²) in [6.07, 6.45) is 0. The third kappa shape index (κ3) is 4.83. The number of hydrogen-bond donors (Lipinski definition) is 1. The Morgan fingerprint density at radius 2 is 1.74 bits per heavy atom. The Balaban J connectivity index is 1.58. The lowest BCUT2D eigenvalue weighted by Gasteiger charge is -2.11. The molecule has 0 aliphatic carbocycles. The van der Waals surface area contributed by atoms with Crippen molar-refractivity contribution < 1.29 is 9.18 Å². The number of nitrogens with zero attached hydrogens (tertiary/aromatic N) is 3. The van der Waals surface area contributed by atoms with Crippen LogP contribution in [0.1, 0.15) is 11.1 Å². The summed E-state index contributed by atoms with van der Waals surface area (Å²) in [6.45, 7) is 3.99. The van der Waals surface area contributed by atoms with Gasteiger partial charge in [-0.15, -0.1) is 10.2 Å². The Morgan fingerprint density at radius 3 is 2.45 bits per heavy atom. The van der Waals surface area contributed by atoms with E-state index in [1.807, 2.05) is 66.9 Å². The highest BCUT2D eigenvalue weighted by atomic mass is 32.2. The fourth-order valence-corrected chi connectivity index (χ4v) is 3.98. The van der Waals surface area contributed by atoms with Crippen LogP contribution in [0, 0.1) is 19.7 Å². The molecule has 0 unspecified atom stereocenters. The zero-order chi connectivity index (χ0) is 21.8. The summed E-state index contributed by atoms with van der Waals surface area (Å²) in [4.78, 5) is 12.6. The van der Waals surface area contributed by atoms with Crippen molar-refractivity contribution in [3.63, 3.8) is 0 Å². The van der Waals surface area contributed by atoms with Crippen LogP contribution in [0.4, 0.5) is 10.1 Å². The van der Waals surface area contributed by atoms with Crippen LogP contribution >= 0.6 is 11.8 Å². The van der Waals surface area contributed by atoms with Crippen LogP contribution in [0.2, 0.25) is 0 Å². The number of nitrogens with one attached hydrogen (secondary N) is 1. The SMILES string of the molecule is Cc1ccc(NC(=O)CSc2nnc(-c3ccc(F)cc3)n2-c2ccccc2)c(C)c1. The normalized spacial score (nSPS) is 10.8. The Hall–Kier alpha value is -3.45. The van der Waals surface area contributed by atoms with Gasteiger partial charge in [0.2, 0.25) is 5.91 Å². The van der Waals surface area contributed by atoms with Crippen molar-refractivity contribution in [3.8, 4) is 17.1 Å². The average molecular weight is 433 g/mol. The Kier molecular flexibility index (Phi) is 6.13. The van der Waals surface area contributed by atoms with E-state index in [2.05, 4.69) is 15.5 Å². The van der Waals surface area contributed by atoms with Crippen molar-refractivity contribution in [2.45, 2.75) is 19.0 Å². The number of aromatic nitrogens is 3. The Bertz CT molecular complexity index is 1210. The third-order valence-corrected chi connectivity index (χ3v) is 5.67. The quantitative estimate of drug-likeness (QED) is 0.413. The van der Waals surface area contributed by atoms with Crippen molar-refractivity contribution in [2.75, 3.05) is 11.1 Å². The van der Waals surface area contributed by atoms with Gasteiger partial charge in [-0.05, 0) is 61.9 Å². The van der Waals surface area contributed by atoms with Gasteiger partial charge >= 0.3 is 0 Å². The molecule has 4 aromatic rings. The predicted molar refractivity (Wildman–Crippen MR) is 122 cm³/mol. The highest BCUT2D eigenvalue weighted by molar-refractivity contribution is 7.99. The summed E-state index contributed by atoms with van der Waals surface area (Å²) in [5.41, 5.74) is 4.57. The minimum absolute atomic E-state index is 0.122. The maximum atomic E-state index is 13.4. The third-order valence-electron chi connectivity index (χ3n) is 4.74. The molecule has 0 aliphatic rings. The van der Waals surface area contributed by atoms with Crippen molar-refractivity contribution in [1.82, 2.24) is 14.8 Å². The van der Waals surface area contributed by atoms with E-state index in [4.69, 9.17) is 0 Å². The van der Waals surface area contributed by atoms with Crippen LogP contribution in [-0.4, -0.2) is 26.4 Å². The molecule has 5 nitrogen and oxygen atoms in total. The lowest BCUT2D eigenvalue weighted by molar-refractivity contribution is -0.113. The van der Waals surface area contributed by atoms with E-state index in [9.17, 15) is 9.18 Å². The van der Waals surface area contributed by atoms with Gasteiger partial charge in [0.25, 0.3) is 0 Å². The van der Waals surface area contributed by atoms with Gasteiger partial charge in [0.05, 0.1) is 5.75 Å². The molecule has 0 fully saturated rings. The fourth-order valence-electron chi connectivity index (χ4n) is 3.23. The van der Waals surface area contributed by atoms with Crippen LogP contribution in [0.15, 0.2) is 78.0 Å². The number of aryl methyl sites for hydroxylation is 2. The lowest BCUT2D eigenvalue weighted by atomic mass is 10.1. The monoisotopic (exact) mass is 432 g/mol. The van der Waals surface area contributed by atoms with Crippen LogP contribution < -0.4 is 5.32 Å². The van der Waals surface area contributed by atoms with E-state index in [0.717, 1.165) is 28.1 Å². The second-order valence-electron chi connectivity index (χ2n) is 7.14. The smallest absolute Gasteiger partial charge is 0.234 e. The second-order valence-corrected chi connectivity index (χ2v) is 8.08. The highest BCUT2D eigenvalue weighted by Gasteiger charge is 2.17. The van der Waals surface area contributed by atoms with Crippen molar-refractivity contribution >= 4 is 23.4 Å². The molecule has 1 amide bonds. The molecule has 0 saturated carbocycles. The van der Waals surface area contributed by atoms with Crippen molar-refractivity contribution in [3.05, 3.63) is 89.7 Å². The number of benzene rings is 3. The molecule has 1 N–H and O–H groups in total. The molecule has 31 heavy (non-hydrogen) atoms. The zero-order valence-electron chi connectivity index (χ0n) is 17.2. The van der Waals surface area contributed by atoms with Gasteiger partial charge in [0.15, 0.2) is 11.0 Å². The molecule has 3 aromatic carbocycles. The number of thioether (sulfide) groups is 1. The number of carbonyl (C=O) groups is 1. The van der Waals surface area contributed by atoms with Gasteiger partial charge in [-0.3, -0.25) is 9.36 Å². The minimum atomic E-state index is -0.313. The standard InChI is InChI=1S/C24H21FN4OS/c1-16-8-13-21(17(2)14-16)26-22(30)15-31-24-28-27-23(18-9-11-19(25)12-10-18)29(24)20-6-4-3-5-7-20/h3-14H,15H2,1-2H3,(H,26,30). The van der Waals surface area contributed by atoms with Crippen molar-refractivity contribution in [1.29, 1.82) is 0 Å². The van der Waals surface area contributed by atoms with Crippen molar-refractivity contribution in [2.24, 2.45) is 0 Å². The van der Waals surface area contributed by atoms with Crippen LogP contribution in [-0.2, 0) is 4.79 Å². The molecule has 156 valence electrons. The number of anilines is 1. The predicted octanol–water partition coefficient (Wildman–Crippen LogP) is 5.42. The maximum absolute atomic E-state index is 13.4. The zero-order valence-corrected chi connectivity index (χ0v) is 18.0. The van der Waals surface area contributed by atoms with Crippen LogP contribution in [0.25, 0.3) is 17.1 Å². The molecule has 1 heterocycles. The molecule has 0 saturated heterocycles. The van der Waals surface area contributed by atoms with Crippen LogP contribution in [0.5, 0.6) is 0 Å². The Morgan fingerprint density at radius 1 is 1.00 bits per heavy atom. The summed E-state index contributed by atoms with van der Waals surface area (Å²) < 4.78 is 15.3. The fraction of sp³-hybridized carbons (Fsp3) is 0.125. The van der Waals surface area contributed by atoms with E-state index in [0.29, 0.717) is 11.0 Å². The van der Waals surface area contributed by atoms with E-state index in [1.165, 1.54) is 23.9 Å². The topological polar surface area (TPSA) is 59.8 Å². The molecule has 0 bridgehead atoms. The largest absolute Gasteiger partial charge is 0.325 e. The summed E-state index contributed by atoms with van der Waals surface area (Å²) >= 11 is 1.30. The summed E-state index contributed by atoms with van der Waals surface area (Å²) in [7, 11) is 0. The first-order valence-electron chi connectivity index (χ1n) is 9.78. The number of hydrogen-bond acceptors (Lipinski definition) is 4. The van der Waals surface area contributed by atoms with Gasteiger partial charge in [0, 0.05) is 16.9 Å². The molecule has 0 aliphatic heterocycles. The van der Waals surface area contributed by atoms with Gasteiger partial charge in [0.1, 0.15) is 5.82 Å². The molecule has 0 spiro atoms. The Labute approximate surface area is 184 Å². The van der Waals surface area contributed by atoms with E-state index < -0.39 is 0 Å². The molecular weight excluding hydrogens is 411 g/mol. The number of para-hydroxylation sites is 1. The number of halogens is 1. The molecule has 0 radical (unpaired) electrons. The number of amides is 1. The van der Waals surface area contributed by atoms with E-state index in [1.54, 1.807) is 12.1 Å². The molecule has 1 aromatic heterocycles. The average Bonchev–Trinajstić information content (AvgIpc) is 3.19. The van der Waals surface area contributed by atoms with Crippen LogP contribution in [0.3, 0.4) is 0 Å². The van der Waals surface area contributed by atoms with E-state index >= 15 is 0 Å².